The Bertz CT molecular complexity index is 1590. The van der Waals surface area contributed by atoms with E-state index in [0.717, 1.165) is 11.2 Å². The van der Waals surface area contributed by atoms with Gasteiger partial charge < -0.3 is 0 Å². The summed E-state index contributed by atoms with van der Waals surface area (Å²) in [6.45, 7) is 9.05. The van der Waals surface area contributed by atoms with Crippen LogP contribution >= 0.6 is 34.0 Å². The summed E-state index contributed by atoms with van der Waals surface area (Å²) >= 11 is 5.46. The fourth-order valence-electron chi connectivity index (χ4n) is 4.26. The van der Waals surface area contributed by atoms with Crippen molar-refractivity contribution in [1.82, 2.24) is 9.97 Å². The Labute approximate surface area is 186 Å². The molecule has 2 aromatic carbocycles. The predicted octanol–water partition coefficient (Wildman–Crippen LogP) is 8.55. The van der Waals surface area contributed by atoms with Crippen LogP contribution in [0.2, 0.25) is 0 Å². The maximum absolute atomic E-state index is 4.78. The molecular formula is C25H20N2S3. The molecule has 0 radical (unpaired) electrons. The van der Waals surface area contributed by atoms with Crippen molar-refractivity contribution in [1.29, 1.82) is 0 Å². The largest absolute Gasteiger partial charge is 0.235 e. The van der Waals surface area contributed by atoms with E-state index in [-0.39, 0.29) is 5.41 Å². The molecule has 6 rings (SSSR count). The van der Waals surface area contributed by atoms with Crippen LogP contribution < -0.4 is 0 Å². The van der Waals surface area contributed by atoms with Gasteiger partial charge in [-0.15, -0.1) is 34.0 Å². The lowest BCUT2D eigenvalue weighted by Crippen LogP contribution is -2.11. The lowest BCUT2D eigenvalue weighted by molar-refractivity contribution is 0.597. The number of nitrogens with zero attached hydrogens (tertiary/aromatic N) is 2. The molecule has 0 bridgehead atoms. The Morgan fingerprint density at radius 3 is 2.60 bits per heavy atom. The average molecular weight is 445 g/mol. The molecule has 4 heterocycles. The van der Waals surface area contributed by atoms with Gasteiger partial charge >= 0.3 is 0 Å². The van der Waals surface area contributed by atoms with E-state index < -0.39 is 0 Å². The molecule has 148 valence electrons. The molecule has 0 unspecified atom stereocenters. The van der Waals surface area contributed by atoms with Crippen molar-refractivity contribution in [3.05, 3.63) is 58.5 Å². The summed E-state index contributed by atoms with van der Waals surface area (Å²) in [6, 6.07) is 11.4. The van der Waals surface area contributed by atoms with Gasteiger partial charge in [0.15, 0.2) is 0 Å². The molecule has 5 heteroatoms. The van der Waals surface area contributed by atoms with Gasteiger partial charge in [0.2, 0.25) is 0 Å². The van der Waals surface area contributed by atoms with Gasteiger partial charge in [0.25, 0.3) is 0 Å². The monoisotopic (exact) mass is 444 g/mol. The fraction of sp³-hybridized carbons (Fsp3) is 0.200. The van der Waals surface area contributed by atoms with Gasteiger partial charge in [-0.05, 0) is 69.3 Å². The number of hydrogen-bond acceptors (Lipinski definition) is 5. The zero-order chi connectivity index (χ0) is 20.6. The maximum atomic E-state index is 4.78. The third kappa shape index (κ3) is 2.59. The fourth-order valence-corrected chi connectivity index (χ4v) is 7.71. The van der Waals surface area contributed by atoms with Crippen LogP contribution in [-0.4, -0.2) is 9.97 Å². The Morgan fingerprint density at radius 2 is 1.77 bits per heavy atom. The van der Waals surface area contributed by atoms with Gasteiger partial charge in [0.05, 0.1) is 15.9 Å². The molecule has 0 saturated carbocycles. The second kappa shape index (κ2) is 6.33. The van der Waals surface area contributed by atoms with Crippen LogP contribution in [-0.2, 0) is 5.41 Å². The van der Waals surface area contributed by atoms with Crippen molar-refractivity contribution < 1.29 is 0 Å². The Balaban J connectivity index is 1.71. The third-order valence-electron chi connectivity index (χ3n) is 5.78. The summed E-state index contributed by atoms with van der Waals surface area (Å²) in [5.74, 6) is 0. The lowest BCUT2D eigenvalue weighted by Gasteiger charge is -2.21. The van der Waals surface area contributed by atoms with E-state index in [9.17, 15) is 0 Å². The molecule has 0 aliphatic carbocycles. The van der Waals surface area contributed by atoms with E-state index in [4.69, 9.17) is 9.97 Å². The zero-order valence-corrected chi connectivity index (χ0v) is 19.7. The van der Waals surface area contributed by atoms with E-state index in [1.165, 1.54) is 51.6 Å². The molecule has 0 fully saturated rings. The van der Waals surface area contributed by atoms with E-state index in [2.05, 4.69) is 68.8 Å². The molecule has 0 aliphatic rings. The molecule has 0 spiro atoms. The Morgan fingerprint density at radius 1 is 0.900 bits per heavy atom. The highest BCUT2D eigenvalue weighted by atomic mass is 32.1. The maximum Gasteiger partial charge on any atom is 0.116 e. The number of benzene rings is 2. The van der Waals surface area contributed by atoms with E-state index in [0.29, 0.717) is 0 Å². The van der Waals surface area contributed by atoms with Crippen LogP contribution in [0.4, 0.5) is 0 Å². The van der Waals surface area contributed by atoms with Gasteiger partial charge in [-0.25, -0.2) is 9.97 Å². The normalized spacial score (nSPS) is 12.7. The molecular weight excluding hydrogens is 424 g/mol. The molecule has 30 heavy (non-hydrogen) atoms. The zero-order valence-electron chi connectivity index (χ0n) is 17.2. The van der Waals surface area contributed by atoms with Crippen molar-refractivity contribution in [3.8, 4) is 11.3 Å². The quantitative estimate of drug-likeness (QED) is 0.254. The highest BCUT2D eigenvalue weighted by molar-refractivity contribution is 7.27. The topological polar surface area (TPSA) is 25.8 Å². The van der Waals surface area contributed by atoms with Crippen molar-refractivity contribution >= 4 is 74.5 Å². The van der Waals surface area contributed by atoms with Crippen molar-refractivity contribution in [3.63, 3.8) is 0 Å². The van der Waals surface area contributed by atoms with E-state index in [1.54, 1.807) is 6.33 Å². The molecule has 0 N–H and O–H groups in total. The number of fused-ring (bicyclic) bond motifs is 6. The number of rotatable bonds is 1. The Kier molecular flexibility index (Phi) is 3.89. The lowest BCUT2D eigenvalue weighted by atomic mass is 9.85. The number of hydrogen-bond donors (Lipinski definition) is 0. The van der Waals surface area contributed by atoms with Crippen LogP contribution in [0.5, 0.6) is 0 Å². The molecule has 0 amide bonds. The van der Waals surface area contributed by atoms with Crippen molar-refractivity contribution in [2.24, 2.45) is 0 Å². The molecule has 0 saturated heterocycles. The first-order valence-electron chi connectivity index (χ1n) is 9.98. The number of aromatic nitrogens is 2. The average Bonchev–Trinajstić information content (AvgIpc) is 3.42. The second-order valence-corrected chi connectivity index (χ2v) is 11.7. The minimum Gasteiger partial charge on any atom is -0.235 e. The standard InChI is InChI=1S/C25H20N2S3/c1-13-11-29-23-16(13)5-6-18-19(23)21-24(30-18)20(26-12-27-21)15-9-14-7-8-28-22(14)17(10-15)25(2,3)4/h5-12H,1-4H3. The first-order chi connectivity index (χ1) is 14.4. The van der Waals surface area contributed by atoms with Crippen LogP contribution in [0.1, 0.15) is 31.9 Å². The smallest absolute Gasteiger partial charge is 0.116 e. The van der Waals surface area contributed by atoms with Gasteiger partial charge in [-0.2, -0.15) is 0 Å². The first-order valence-corrected chi connectivity index (χ1v) is 12.6. The van der Waals surface area contributed by atoms with Crippen LogP contribution in [0.15, 0.2) is 47.4 Å². The summed E-state index contributed by atoms with van der Waals surface area (Å²) in [7, 11) is 0. The molecule has 4 aromatic heterocycles. The summed E-state index contributed by atoms with van der Waals surface area (Å²) in [4.78, 5) is 9.52. The molecule has 6 aromatic rings. The van der Waals surface area contributed by atoms with Gasteiger partial charge in [0.1, 0.15) is 6.33 Å². The van der Waals surface area contributed by atoms with Crippen molar-refractivity contribution in [2.75, 3.05) is 0 Å². The predicted molar refractivity (Wildman–Crippen MR) is 135 cm³/mol. The minimum atomic E-state index is 0.0755. The van der Waals surface area contributed by atoms with E-state index >= 15 is 0 Å². The number of aryl methyl sites for hydroxylation is 1. The number of thiophene rings is 3. The first kappa shape index (κ1) is 18.4. The van der Waals surface area contributed by atoms with Gasteiger partial charge in [-0.1, -0.05) is 26.8 Å². The van der Waals surface area contributed by atoms with Crippen molar-refractivity contribution in [2.45, 2.75) is 33.1 Å². The molecule has 0 atom stereocenters. The molecule has 0 aliphatic heterocycles. The third-order valence-corrected chi connectivity index (χ3v) is 9.03. The van der Waals surface area contributed by atoms with E-state index in [1.807, 2.05) is 34.0 Å². The summed E-state index contributed by atoms with van der Waals surface area (Å²) in [5, 5.41) is 8.35. The highest BCUT2D eigenvalue weighted by Gasteiger charge is 2.21. The minimum absolute atomic E-state index is 0.0755. The Hall–Kier alpha value is -2.34. The highest BCUT2D eigenvalue weighted by Crippen LogP contribution is 2.44. The van der Waals surface area contributed by atoms with Gasteiger partial charge in [0, 0.05) is 25.0 Å². The second-order valence-electron chi connectivity index (χ2n) is 8.85. The summed E-state index contributed by atoms with van der Waals surface area (Å²) in [5.41, 5.74) is 6.10. The SMILES string of the molecule is Cc1csc2c1ccc1sc3c(-c4cc(C(C)(C)C)c5sccc5c4)ncnc3c12. The van der Waals surface area contributed by atoms with Crippen LogP contribution in [0.25, 0.3) is 51.7 Å². The molecule has 2 nitrogen and oxygen atoms in total. The summed E-state index contributed by atoms with van der Waals surface area (Å²) in [6.07, 6.45) is 1.73. The van der Waals surface area contributed by atoms with Crippen LogP contribution in [0, 0.1) is 6.92 Å². The van der Waals surface area contributed by atoms with Crippen LogP contribution in [0.3, 0.4) is 0 Å². The van der Waals surface area contributed by atoms with Gasteiger partial charge in [-0.3, -0.25) is 0 Å². The summed E-state index contributed by atoms with van der Waals surface area (Å²) < 4.78 is 5.18.